The van der Waals surface area contributed by atoms with Crippen molar-refractivity contribution in [2.24, 2.45) is 5.10 Å². The maximum Gasteiger partial charge on any atom is 0.272 e. The SMILES string of the molecule is O=C(N/N=C/c1ccc(OCc2cccc3ccccc23)cc1)c1ccccc1Cl. The summed E-state index contributed by atoms with van der Waals surface area (Å²) < 4.78 is 5.94. The molecule has 0 aromatic heterocycles. The summed E-state index contributed by atoms with van der Waals surface area (Å²) in [6, 6.07) is 28.8. The Hall–Kier alpha value is -3.63. The van der Waals surface area contributed by atoms with Crippen molar-refractivity contribution < 1.29 is 9.53 Å². The van der Waals surface area contributed by atoms with Gasteiger partial charge in [0.2, 0.25) is 0 Å². The predicted octanol–water partition coefficient (Wildman–Crippen LogP) is 5.84. The van der Waals surface area contributed by atoms with E-state index in [4.69, 9.17) is 16.3 Å². The lowest BCUT2D eigenvalue weighted by atomic mass is 10.1. The van der Waals surface area contributed by atoms with Crippen LogP contribution < -0.4 is 10.2 Å². The monoisotopic (exact) mass is 414 g/mol. The number of benzene rings is 4. The third-order valence-electron chi connectivity index (χ3n) is 4.65. The molecule has 0 atom stereocenters. The number of carbonyl (C=O) groups excluding carboxylic acids is 1. The summed E-state index contributed by atoms with van der Waals surface area (Å²) in [5.41, 5.74) is 4.84. The highest BCUT2D eigenvalue weighted by Gasteiger charge is 2.07. The van der Waals surface area contributed by atoms with Gasteiger partial charge in [-0.1, -0.05) is 66.2 Å². The van der Waals surface area contributed by atoms with E-state index in [-0.39, 0.29) is 5.91 Å². The van der Waals surface area contributed by atoms with Crippen LogP contribution in [0.5, 0.6) is 5.75 Å². The number of hydrazone groups is 1. The lowest BCUT2D eigenvalue weighted by Crippen LogP contribution is -2.17. The molecular formula is C25H19ClN2O2. The number of amides is 1. The van der Waals surface area contributed by atoms with Gasteiger partial charge in [-0.2, -0.15) is 5.10 Å². The van der Waals surface area contributed by atoms with E-state index in [0.717, 1.165) is 16.9 Å². The molecule has 0 saturated heterocycles. The first-order chi connectivity index (χ1) is 14.7. The van der Waals surface area contributed by atoms with Crippen LogP contribution in [0.4, 0.5) is 0 Å². The zero-order valence-corrected chi connectivity index (χ0v) is 16.8. The number of fused-ring (bicyclic) bond motifs is 1. The highest BCUT2D eigenvalue weighted by molar-refractivity contribution is 6.33. The van der Waals surface area contributed by atoms with Gasteiger partial charge in [-0.25, -0.2) is 5.43 Å². The molecular weight excluding hydrogens is 396 g/mol. The molecule has 0 radical (unpaired) electrons. The zero-order valence-electron chi connectivity index (χ0n) is 16.1. The van der Waals surface area contributed by atoms with E-state index in [1.807, 2.05) is 42.5 Å². The normalized spacial score (nSPS) is 11.0. The van der Waals surface area contributed by atoms with Crippen molar-refractivity contribution in [1.29, 1.82) is 0 Å². The second kappa shape index (κ2) is 9.25. The van der Waals surface area contributed by atoms with Crippen molar-refractivity contribution in [3.8, 4) is 5.75 Å². The van der Waals surface area contributed by atoms with Crippen LogP contribution in [-0.2, 0) is 6.61 Å². The standard InChI is InChI=1S/C25H19ClN2O2/c26-24-11-4-3-10-23(24)25(29)28-27-16-18-12-14-21(15-13-18)30-17-20-8-5-7-19-6-1-2-9-22(19)20/h1-16H,17H2,(H,28,29)/b27-16+. The first-order valence-corrected chi connectivity index (χ1v) is 9.86. The molecule has 0 spiro atoms. The molecule has 0 aliphatic heterocycles. The Morgan fingerprint density at radius 1 is 0.900 bits per heavy atom. The number of hydrogen-bond donors (Lipinski definition) is 1. The maximum absolute atomic E-state index is 12.1. The van der Waals surface area contributed by atoms with Crippen molar-refractivity contribution in [2.45, 2.75) is 6.61 Å². The summed E-state index contributed by atoms with van der Waals surface area (Å²) in [4.78, 5) is 12.1. The molecule has 0 unspecified atom stereocenters. The lowest BCUT2D eigenvalue weighted by molar-refractivity contribution is 0.0955. The Morgan fingerprint density at radius 2 is 1.63 bits per heavy atom. The molecule has 0 bridgehead atoms. The van der Waals surface area contributed by atoms with Gasteiger partial charge in [0.25, 0.3) is 5.91 Å². The minimum atomic E-state index is -0.355. The van der Waals surface area contributed by atoms with Crippen LogP contribution in [0.1, 0.15) is 21.5 Å². The van der Waals surface area contributed by atoms with Crippen molar-refractivity contribution >= 4 is 34.5 Å². The topological polar surface area (TPSA) is 50.7 Å². The summed E-state index contributed by atoms with van der Waals surface area (Å²) in [5, 5.41) is 6.77. The van der Waals surface area contributed by atoms with Crippen LogP contribution in [0.15, 0.2) is 96.1 Å². The van der Waals surface area contributed by atoms with Crippen LogP contribution in [-0.4, -0.2) is 12.1 Å². The number of rotatable bonds is 6. The van der Waals surface area contributed by atoms with E-state index in [1.165, 1.54) is 10.8 Å². The number of halogens is 1. The van der Waals surface area contributed by atoms with Gasteiger partial charge < -0.3 is 4.74 Å². The Balaban J connectivity index is 1.35. The fraction of sp³-hybridized carbons (Fsp3) is 0.0400. The van der Waals surface area contributed by atoms with Crippen LogP contribution in [0.25, 0.3) is 10.8 Å². The first kappa shape index (κ1) is 19.7. The van der Waals surface area contributed by atoms with Gasteiger partial charge in [-0.15, -0.1) is 0 Å². The largest absolute Gasteiger partial charge is 0.489 e. The van der Waals surface area contributed by atoms with Gasteiger partial charge >= 0.3 is 0 Å². The third-order valence-corrected chi connectivity index (χ3v) is 4.98. The van der Waals surface area contributed by atoms with Crippen molar-refractivity contribution in [1.82, 2.24) is 5.43 Å². The first-order valence-electron chi connectivity index (χ1n) is 9.48. The lowest BCUT2D eigenvalue weighted by Gasteiger charge is -2.09. The summed E-state index contributed by atoms with van der Waals surface area (Å²) in [6.07, 6.45) is 1.57. The summed E-state index contributed by atoms with van der Waals surface area (Å²) in [6.45, 7) is 0.489. The van der Waals surface area contributed by atoms with Crippen molar-refractivity contribution in [2.75, 3.05) is 0 Å². The smallest absolute Gasteiger partial charge is 0.272 e. The predicted molar refractivity (Wildman–Crippen MR) is 121 cm³/mol. The highest BCUT2D eigenvalue weighted by Crippen LogP contribution is 2.21. The van der Waals surface area contributed by atoms with Gasteiger partial charge in [-0.3, -0.25) is 4.79 Å². The van der Waals surface area contributed by atoms with Gasteiger partial charge in [0.15, 0.2) is 0 Å². The minimum Gasteiger partial charge on any atom is -0.489 e. The molecule has 1 N–H and O–H groups in total. The fourth-order valence-corrected chi connectivity index (χ4v) is 3.32. The number of hydrogen-bond acceptors (Lipinski definition) is 3. The van der Waals surface area contributed by atoms with E-state index < -0.39 is 0 Å². The van der Waals surface area contributed by atoms with E-state index >= 15 is 0 Å². The average molecular weight is 415 g/mol. The number of carbonyl (C=O) groups is 1. The number of nitrogens with one attached hydrogen (secondary N) is 1. The summed E-state index contributed by atoms with van der Waals surface area (Å²) >= 11 is 6.01. The molecule has 0 heterocycles. The fourth-order valence-electron chi connectivity index (χ4n) is 3.10. The van der Waals surface area contributed by atoms with E-state index in [1.54, 1.807) is 30.5 Å². The maximum atomic E-state index is 12.1. The second-order valence-corrected chi connectivity index (χ2v) is 7.08. The van der Waals surface area contributed by atoms with Gasteiger partial charge in [0, 0.05) is 0 Å². The van der Waals surface area contributed by atoms with Crippen LogP contribution >= 0.6 is 11.6 Å². The van der Waals surface area contributed by atoms with Gasteiger partial charge in [0.05, 0.1) is 16.8 Å². The second-order valence-electron chi connectivity index (χ2n) is 6.67. The molecule has 5 heteroatoms. The van der Waals surface area contributed by atoms with Crippen LogP contribution in [0, 0.1) is 0 Å². The van der Waals surface area contributed by atoms with Crippen LogP contribution in [0.3, 0.4) is 0 Å². The highest BCUT2D eigenvalue weighted by atomic mass is 35.5. The molecule has 30 heavy (non-hydrogen) atoms. The summed E-state index contributed by atoms with van der Waals surface area (Å²) in [7, 11) is 0. The molecule has 4 aromatic carbocycles. The number of nitrogens with zero attached hydrogens (tertiary/aromatic N) is 1. The number of ether oxygens (including phenoxy) is 1. The van der Waals surface area contributed by atoms with E-state index in [2.05, 4.69) is 34.8 Å². The Kier molecular flexibility index (Phi) is 6.06. The van der Waals surface area contributed by atoms with E-state index in [9.17, 15) is 4.79 Å². The Morgan fingerprint density at radius 3 is 2.47 bits per heavy atom. The average Bonchev–Trinajstić information content (AvgIpc) is 2.79. The zero-order chi connectivity index (χ0) is 20.8. The molecule has 0 saturated carbocycles. The quantitative estimate of drug-likeness (QED) is 0.318. The molecule has 0 aliphatic rings. The molecule has 1 amide bonds. The third kappa shape index (κ3) is 4.67. The Bertz CT molecular complexity index is 1200. The van der Waals surface area contributed by atoms with Gasteiger partial charge in [-0.05, 0) is 58.3 Å². The minimum absolute atomic E-state index is 0.355. The molecule has 4 aromatic rings. The molecule has 4 nitrogen and oxygen atoms in total. The van der Waals surface area contributed by atoms with Crippen LogP contribution in [0.2, 0.25) is 5.02 Å². The van der Waals surface area contributed by atoms with Crippen molar-refractivity contribution in [3.05, 3.63) is 113 Å². The molecule has 0 fully saturated rings. The molecule has 4 rings (SSSR count). The molecule has 148 valence electrons. The summed E-state index contributed by atoms with van der Waals surface area (Å²) in [5.74, 6) is 0.409. The molecule has 0 aliphatic carbocycles. The van der Waals surface area contributed by atoms with Gasteiger partial charge in [0.1, 0.15) is 12.4 Å². The Labute approximate surface area is 179 Å². The van der Waals surface area contributed by atoms with Crippen molar-refractivity contribution in [3.63, 3.8) is 0 Å². The van der Waals surface area contributed by atoms with E-state index in [0.29, 0.717) is 17.2 Å².